The van der Waals surface area contributed by atoms with Crippen molar-refractivity contribution in [1.29, 1.82) is 0 Å². The zero-order valence-corrected chi connectivity index (χ0v) is 18.0. The van der Waals surface area contributed by atoms with Gasteiger partial charge in [0.2, 0.25) is 5.13 Å². The van der Waals surface area contributed by atoms with Crippen LogP contribution in [0.25, 0.3) is 10.2 Å². The van der Waals surface area contributed by atoms with Gasteiger partial charge in [-0.15, -0.1) is 0 Å². The molecule has 2 aromatic carbocycles. The van der Waals surface area contributed by atoms with E-state index >= 15 is 0 Å². The lowest BCUT2D eigenvalue weighted by Gasteiger charge is -2.16. The number of hydrazine groups is 1. The zero-order chi connectivity index (χ0) is 22.7. The molecule has 1 aliphatic rings. The summed E-state index contributed by atoms with van der Waals surface area (Å²) in [7, 11) is 0. The molecule has 0 unspecified atom stereocenters. The van der Waals surface area contributed by atoms with Crippen LogP contribution in [0.15, 0.2) is 53.6 Å². The fraction of sp³-hybridized carbons (Fsp3) is 0.190. The number of aromatic nitrogens is 1. The molecule has 0 aliphatic carbocycles. The number of hydrogen-bond acceptors (Lipinski definition) is 9. The molecule has 0 saturated heterocycles. The monoisotopic (exact) mass is 452 g/mol. The van der Waals surface area contributed by atoms with Crippen molar-refractivity contribution in [2.45, 2.75) is 6.92 Å². The van der Waals surface area contributed by atoms with Crippen molar-refractivity contribution in [1.82, 2.24) is 10.4 Å². The third-order valence-electron chi connectivity index (χ3n) is 4.67. The Morgan fingerprint density at radius 3 is 2.72 bits per heavy atom. The molecule has 32 heavy (non-hydrogen) atoms. The first-order valence-corrected chi connectivity index (χ1v) is 10.6. The number of anilines is 2. The van der Waals surface area contributed by atoms with Crippen LogP contribution < -0.4 is 21.2 Å². The first-order chi connectivity index (χ1) is 15.5. The minimum atomic E-state index is -0.524. The molecule has 3 N–H and O–H groups in total. The number of carbonyl (C=O) groups excluding carboxylic acids is 3. The number of hydrogen-bond donors (Lipinski definition) is 2. The standard InChI is InChI=1S/C21H20N6O4S/c1-2-31-18(29)12-27(21-23-14-8-4-6-10-16(14)32-21)25-19-13-7-3-5-9-15(13)26(20(19)30)11-17(28)24-22/h3-10H,2,11-12,22H2,1H3,(H,24,28)/b25-19-. The van der Waals surface area contributed by atoms with Gasteiger partial charge in [-0.25, -0.2) is 15.8 Å². The van der Waals surface area contributed by atoms with Crippen LogP contribution >= 0.6 is 11.3 Å². The molecule has 1 aliphatic heterocycles. The topological polar surface area (TPSA) is 130 Å². The highest BCUT2D eigenvalue weighted by molar-refractivity contribution is 7.22. The van der Waals surface area contributed by atoms with Crippen molar-refractivity contribution < 1.29 is 19.1 Å². The molecule has 2 amide bonds. The van der Waals surface area contributed by atoms with E-state index < -0.39 is 17.8 Å². The van der Waals surface area contributed by atoms with E-state index in [9.17, 15) is 14.4 Å². The SMILES string of the molecule is CCOC(=O)CN(/N=C1\C(=O)N(CC(=O)NN)c2ccccc21)c1nc2ccccc2s1. The third kappa shape index (κ3) is 4.15. The van der Waals surface area contributed by atoms with E-state index in [0.717, 1.165) is 10.2 Å². The number of thiazole rings is 1. The highest BCUT2D eigenvalue weighted by Gasteiger charge is 2.36. The van der Waals surface area contributed by atoms with Crippen LogP contribution in [0.3, 0.4) is 0 Å². The van der Waals surface area contributed by atoms with E-state index in [0.29, 0.717) is 16.4 Å². The molecule has 11 heteroatoms. The molecule has 0 fully saturated rings. The first kappa shape index (κ1) is 21.4. The molecule has 1 aromatic heterocycles. The Hall–Kier alpha value is -3.83. The molecule has 4 rings (SSSR count). The maximum Gasteiger partial charge on any atom is 0.327 e. The third-order valence-corrected chi connectivity index (χ3v) is 5.72. The van der Waals surface area contributed by atoms with Crippen LogP contribution in [-0.4, -0.2) is 48.2 Å². The minimum absolute atomic E-state index is 0.0916. The summed E-state index contributed by atoms with van der Waals surface area (Å²) in [6.45, 7) is 1.44. The van der Waals surface area contributed by atoms with Gasteiger partial charge >= 0.3 is 5.97 Å². The summed E-state index contributed by atoms with van der Waals surface area (Å²) < 4.78 is 5.99. The molecule has 0 bridgehead atoms. The van der Waals surface area contributed by atoms with Crippen molar-refractivity contribution in [3.05, 3.63) is 54.1 Å². The number of rotatable bonds is 7. The number of nitrogens with two attached hydrogens (primary N) is 1. The predicted octanol–water partition coefficient (Wildman–Crippen LogP) is 1.41. The van der Waals surface area contributed by atoms with Crippen LogP contribution in [0.2, 0.25) is 0 Å². The van der Waals surface area contributed by atoms with Crippen molar-refractivity contribution in [3.8, 4) is 0 Å². The lowest BCUT2D eigenvalue weighted by atomic mass is 10.1. The Morgan fingerprint density at radius 1 is 1.22 bits per heavy atom. The summed E-state index contributed by atoms with van der Waals surface area (Å²) in [4.78, 5) is 43.1. The summed E-state index contributed by atoms with van der Waals surface area (Å²) >= 11 is 1.34. The van der Waals surface area contributed by atoms with Gasteiger partial charge in [-0.1, -0.05) is 41.7 Å². The Kier molecular flexibility index (Phi) is 6.10. The summed E-state index contributed by atoms with van der Waals surface area (Å²) in [6.07, 6.45) is 0. The minimum Gasteiger partial charge on any atom is -0.465 e. The van der Waals surface area contributed by atoms with Gasteiger partial charge in [0.15, 0.2) is 5.71 Å². The van der Waals surface area contributed by atoms with Gasteiger partial charge in [0, 0.05) is 5.56 Å². The largest absolute Gasteiger partial charge is 0.465 e. The highest BCUT2D eigenvalue weighted by atomic mass is 32.1. The lowest BCUT2D eigenvalue weighted by Crippen LogP contribution is -2.43. The van der Waals surface area contributed by atoms with Crippen molar-refractivity contribution in [2.75, 3.05) is 29.6 Å². The maximum absolute atomic E-state index is 13.2. The molecule has 3 aromatic rings. The van der Waals surface area contributed by atoms with Crippen LogP contribution in [0.1, 0.15) is 12.5 Å². The average Bonchev–Trinajstić information content (AvgIpc) is 3.34. The van der Waals surface area contributed by atoms with E-state index in [1.807, 2.05) is 29.7 Å². The predicted molar refractivity (Wildman–Crippen MR) is 121 cm³/mol. The van der Waals surface area contributed by atoms with E-state index in [-0.39, 0.29) is 25.4 Å². The normalized spacial score (nSPS) is 14.0. The van der Waals surface area contributed by atoms with Crippen LogP contribution in [0, 0.1) is 0 Å². The molecule has 0 saturated carbocycles. The van der Waals surface area contributed by atoms with E-state index in [4.69, 9.17) is 10.6 Å². The van der Waals surface area contributed by atoms with Gasteiger partial charge in [-0.2, -0.15) is 5.10 Å². The Bertz CT molecular complexity index is 1190. The van der Waals surface area contributed by atoms with Gasteiger partial charge in [-0.05, 0) is 25.1 Å². The number of nitrogens with zero attached hydrogens (tertiary/aromatic N) is 4. The summed E-state index contributed by atoms with van der Waals surface area (Å²) in [5.74, 6) is 3.68. The average molecular weight is 452 g/mol. The fourth-order valence-electron chi connectivity index (χ4n) is 3.27. The number of benzene rings is 2. The number of ether oxygens (including phenoxy) is 1. The Labute approximate surface area is 187 Å². The van der Waals surface area contributed by atoms with Crippen molar-refractivity contribution >= 4 is 55.9 Å². The van der Waals surface area contributed by atoms with Gasteiger partial charge in [0.1, 0.15) is 13.1 Å². The summed E-state index contributed by atoms with van der Waals surface area (Å²) in [6, 6.07) is 14.5. The summed E-state index contributed by atoms with van der Waals surface area (Å²) in [5, 5.41) is 6.31. The van der Waals surface area contributed by atoms with Gasteiger partial charge in [-0.3, -0.25) is 24.7 Å². The van der Waals surface area contributed by atoms with Crippen LogP contribution in [0.5, 0.6) is 0 Å². The van der Waals surface area contributed by atoms with Crippen molar-refractivity contribution in [3.63, 3.8) is 0 Å². The number of carbonyl (C=O) groups is 3. The number of hydrazone groups is 1. The van der Waals surface area contributed by atoms with Crippen molar-refractivity contribution in [2.24, 2.45) is 10.9 Å². The quantitative estimate of drug-likeness (QED) is 0.240. The summed E-state index contributed by atoms with van der Waals surface area (Å²) in [5.41, 5.74) is 3.94. The second-order valence-corrected chi connectivity index (χ2v) is 7.76. The molecular weight excluding hydrogens is 432 g/mol. The number of fused-ring (bicyclic) bond motifs is 2. The number of nitrogens with one attached hydrogen (secondary N) is 1. The smallest absolute Gasteiger partial charge is 0.327 e. The second-order valence-electron chi connectivity index (χ2n) is 6.75. The van der Waals surface area contributed by atoms with Gasteiger partial charge < -0.3 is 4.74 Å². The Morgan fingerprint density at radius 2 is 1.97 bits per heavy atom. The lowest BCUT2D eigenvalue weighted by molar-refractivity contribution is -0.141. The molecular formula is C21H20N6O4S. The molecule has 164 valence electrons. The molecule has 0 atom stereocenters. The highest BCUT2D eigenvalue weighted by Crippen LogP contribution is 2.32. The van der Waals surface area contributed by atoms with Gasteiger partial charge in [0.05, 0.1) is 22.5 Å². The molecule has 10 nitrogen and oxygen atoms in total. The van der Waals surface area contributed by atoms with E-state index in [2.05, 4.69) is 10.1 Å². The molecule has 2 heterocycles. The fourth-order valence-corrected chi connectivity index (χ4v) is 4.19. The number of para-hydroxylation sites is 2. The molecule has 0 spiro atoms. The molecule has 0 radical (unpaired) electrons. The zero-order valence-electron chi connectivity index (χ0n) is 17.1. The first-order valence-electron chi connectivity index (χ1n) is 9.80. The van der Waals surface area contributed by atoms with E-state index in [1.54, 1.807) is 31.2 Å². The number of amides is 2. The maximum atomic E-state index is 13.2. The van der Waals surface area contributed by atoms with Crippen LogP contribution in [-0.2, 0) is 19.1 Å². The van der Waals surface area contributed by atoms with Gasteiger partial charge in [0.25, 0.3) is 11.8 Å². The van der Waals surface area contributed by atoms with Crippen LogP contribution in [0.4, 0.5) is 10.8 Å². The number of esters is 1. The van der Waals surface area contributed by atoms with E-state index in [1.165, 1.54) is 21.2 Å². The second kappa shape index (κ2) is 9.12. The Balaban J connectivity index is 1.77.